The highest BCUT2D eigenvalue weighted by molar-refractivity contribution is 5.59. The Balaban J connectivity index is 2.81. The summed E-state index contributed by atoms with van der Waals surface area (Å²) in [7, 11) is 0. The van der Waals surface area contributed by atoms with Crippen molar-refractivity contribution in [1.29, 1.82) is 0 Å². The first-order valence-electron chi connectivity index (χ1n) is 4.76. The van der Waals surface area contributed by atoms with E-state index in [0.29, 0.717) is 5.82 Å². The lowest BCUT2D eigenvalue weighted by atomic mass is 10.1. The van der Waals surface area contributed by atoms with Crippen LogP contribution in [0.5, 0.6) is 0 Å². The van der Waals surface area contributed by atoms with Crippen molar-refractivity contribution in [2.75, 3.05) is 17.7 Å². The van der Waals surface area contributed by atoms with E-state index < -0.39 is 0 Å². The number of nitrogens with one attached hydrogen (secondary N) is 2. The second kappa shape index (κ2) is 4.79. The lowest BCUT2D eigenvalue weighted by molar-refractivity contribution is 0.226. The van der Waals surface area contributed by atoms with Crippen LogP contribution in [0.1, 0.15) is 13.8 Å². The summed E-state index contributed by atoms with van der Waals surface area (Å²) >= 11 is 0. The molecule has 0 radical (unpaired) electrons. The fraction of sp³-hybridized carbons (Fsp3) is 0.556. The third-order valence-corrected chi connectivity index (χ3v) is 2.39. The summed E-state index contributed by atoms with van der Waals surface area (Å²) in [6.07, 6.45) is 1.29. The number of aliphatic hydroxyl groups is 1. The largest absolute Gasteiger partial charge is 0.396 e. The maximum Gasteiger partial charge on any atom is 0.276 e. The maximum absolute atomic E-state index is 11.2. The van der Waals surface area contributed by atoms with Crippen LogP contribution in [0.4, 0.5) is 11.5 Å². The van der Waals surface area contributed by atoms with Gasteiger partial charge in [-0.2, -0.15) is 0 Å². The molecule has 0 spiro atoms. The number of H-pyrrole nitrogens is 1. The molecule has 1 aromatic heterocycles. The summed E-state index contributed by atoms with van der Waals surface area (Å²) in [4.78, 5) is 17.4. The molecule has 5 N–H and O–H groups in total. The standard InChI is InChI=1S/C9H16N4O2/c1-5(3-14)6(2)13-8-7(10)9(15)12-4-11-8/h4-6,14H,3,10H2,1-2H3,(H2,11,12,13,15). The van der Waals surface area contributed by atoms with E-state index in [-0.39, 0.29) is 29.8 Å². The first-order valence-corrected chi connectivity index (χ1v) is 4.76. The smallest absolute Gasteiger partial charge is 0.276 e. The average Bonchev–Trinajstić information content (AvgIpc) is 2.23. The van der Waals surface area contributed by atoms with Gasteiger partial charge in [-0.3, -0.25) is 4.79 Å². The quantitative estimate of drug-likeness (QED) is 0.552. The van der Waals surface area contributed by atoms with Crippen LogP contribution < -0.4 is 16.6 Å². The minimum absolute atomic E-state index is 0.00778. The molecular weight excluding hydrogens is 196 g/mol. The van der Waals surface area contributed by atoms with Crippen LogP contribution in [0, 0.1) is 5.92 Å². The van der Waals surface area contributed by atoms with E-state index >= 15 is 0 Å². The fourth-order valence-corrected chi connectivity index (χ4v) is 1.04. The van der Waals surface area contributed by atoms with E-state index in [9.17, 15) is 4.79 Å². The molecule has 0 aliphatic rings. The normalized spacial score (nSPS) is 14.6. The van der Waals surface area contributed by atoms with Gasteiger partial charge in [0.15, 0.2) is 5.82 Å². The molecule has 0 saturated carbocycles. The van der Waals surface area contributed by atoms with E-state index in [1.807, 2.05) is 13.8 Å². The predicted octanol–water partition coefficient (Wildman–Crippen LogP) is -0.219. The van der Waals surface area contributed by atoms with Gasteiger partial charge >= 0.3 is 0 Å². The van der Waals surface area contributed by atoms with E-state index in [4.69, 9.17) is 10.8 Å². The molecular formula is C9H16N4O2. The number of aromatic amines is 1. The van der Waals surface area contributed by atoms with E-state index in [2.05, 4.69) is 15.3 Å². The molecule has 2 unspecified atom stereocenters. The van der Waals surface area contributed by atoms with Crippen molar-refractivity contribution < 1.29 is 5.11 Å². The molecule has 6 nitrogen and oxygen atoms in total. The topological polar surface area (TPSA) is 104 Å². The summed E-state index contributed by atoms with van der Waals surface area (Å²) in [5, 5.41) is 11.9. The fourth-order valence-electron chi connectivity index (χ4n) is 1.04. The van der Waals surface area contributed by atoms with Crippen LogP contribution in [-0.4, -0.2) is 27.7 Å². The van der Waals surface area contributed by atoms with E-state index in [1.54, 1.807) is 0 Å². The second-order valence-corrected chi connectivity index (χ2v) is 3.59. The van der Waals surface area contributed by atoms with Gasteiger partial charge in [0.2, 0.25) is 0 Å². The number of aromatic nitrogens is 2. The highest BCUT2D eigenvalue weighted by Gasteiger charge is 2.13. The Morgan fingerprint density at radius 2 is 2.33 bits per heavy atom. The van der Waals surface area contributed by atoms with Crippen LogP contribution in [0.15, 0.2) is 11.1 Å². The van der Waals surface area contributed by atoms with Gasteiger partial charge < -0.3 is 21.1 Å². The zero-order valence-corrected chi connectivity index (χ0v) is 8.82. The lowest BCUT2D eigenvalue weighted by Crippen LogP contribution is -2.28. The first kappa shape index (κ1) is 11.5. The van der Waals surface area contributed by atoms with Gasteiger partial charge in [-0.05, 0) is 12.8 Å². The number of nitrogen functional groups attached to an aromatic ring is 1. The van der Waals surface area contributed by atoms with E-state index in [1.165, 1.54) is 6.33 Å². The number of hydrogen-bond acceptors (Lipinski definition) is 5. The number of nitrogens with zero attached hydrogens (tertiary/aromatic N) is 1. The Labute approximate surface area is 87.5 Å². The monoisotopic (exact) mass is 212 g/mol. The Hall–Kier alpha value is -1.56. The molecule has 84 valence electrons. The molecule has 0 aliphatic carbocycles. The van der Waals surface area contributed by atoms with Crippen LogP contribution in [-0.2, 0) is 0 Å². The molecule has 1 rings (SSSR count). The average molecular weight is 212 g/mol. The third kappa shape index (κ3) is 2.69. The molecule has 6 heteroatoms. The summed E-state index contributed by atoms with van der Waals surface area (Å²) < 4.78 is 0. The lowest BCUT2D eigenvalue weighted by Gasteiger charge is -2.20. The molecule has 0 amide bonds. The summed E-state index contributed by atoms with van der Waals surface area (Å²) in [5.74, 6) is 0.414. The van der Waals surface area contributed by atoms with Crippen molar-refractivity contribution in [2.45, 2.75) is 19.9 Å². The molecule has 0 bridgehead atoms. The predicted molar refractivity (Wildman–Crippen MR) is 58.6 cm³/mol. The SMILES string of the molecule is CC(CO)C(C)Nc1nc[nH]c(=O)c1N. The Bertz CT molecular complexity index is 377. The van der Waals surface area contributed by atoms with Crippen molar-refractivity contribution in [3.8, 4) is 0 Å². The Morgan fingerprint density at radius 3 is 2.93 bits per heavy atom. The minimum Gasteiger partial charge on any atom is -0.396 e. The molecule has 0 fully saturated rings. The van der Waals surface area contributed by atoms with Gasteiger partial charge in [-0.15, -0.1) is 0 Å². The van der Waals surface area contributed by atoms with Crippen molar-refractivity contribution in [3.63, 3.8) is 0 Å². The minimum atomic E-state index is -0.364. The molecule has 0 aliphatic heterocycles. The van der Waals surface area contributed by atoms with Crippen molar-refractivity contribution >= 4 is 11.5 Å². The Kier molecular flexibility index (Phi) is 3.68. The first-order chi connectivity index (χ1) is 7.06. The molecule has 1 aromatic rings. The summed E-state index contributed by atoms with van der Waals surface area (Å²) in [6.45, 7) is 3.85. The van der Waals surface area contributed by atoms with Gasteiger partial charge in [0.05, 0.1) is 6.33 Å². The number of anilines is 2. The molecule has 15 heavy (non-hydrogen) atoms. The summed E-state index contributed by atoms with van der Waals surface area (Å²) in [5.41, 5.74) is 5.24. The zero-order chi connectivity index (χ0) is 11.4. The summed E-state index contributed by atoms with van der Waals surface area (Å²) in [6, 6.07) is -0.00778. The van der Waals surface area contributed by atoms with Gasteiger partial charge in [0, 0.05) is 12.6 Å². The number of rotatable bonds is 4. The maximum atomic E-state index is 11.2. The molecule has 2 atom stereocenters. The van der Waals surface area contributed by atoms with Crippen molar-refractivity contribution in [3.05, 3.63) is 16.7 Å². The van der Waals surface area contributed by atoms with E-state index in [0.717, 1.165) is 0 Å². The van der Waals surface area contributed by atoms with Crippen LogP contribution >= 0.6 is 0 Å². The Morgan fingerprint density at radius 1 is 1.67 bits per heavy atom. The molecule has 0 saturated heterocycles. The van der Waals surface area contributed by atoms with Gasteiger partial charge in [-0.1, -0.05) is 6.92 Å². The van der Waals surface area contributed by atoms with Crippen LogP contribution in [0.2, 0.25) is 0 Å². The van der Waals surface area contributed by atoms with Gasteiger partial charge in [0.1, 0.15) is 5.69 Å². The number of nitrogens with two attached hydrogens (primary N) is 1. The van der Waals surface area contributed by atoms with Crippen LogP contribution in [0.3, 0.4) is 0 Å². The second-order valence-electron chi connectivity index (χ2n) is 3.59. The highest BCUT2D eigenvalue weighted by atomic mass is 16.3. The van der Waals surface area contributed by atoms with Crippen molar-refractivity contribution in [1.82, 2.24) is 9.97 Å². The number of hydrogen-bond donors (Lipinski definition) is 4. The van der Waals surface area contributed by atoms with Crippen LogP contribution in [0.25, 0.3) is 0 Å². The zero-order valence-electron chi connectivity index (χ0n) is 8.82. The third-order valence-electron chi connectivity index (χ3n) is 2.39. The molecule has 0 aromatic carbocycles. The van der Waals surface area contributed by atoms with Gasteiger partial charge in [0.25, 0.3) is 5.56 Å². The van der Waals surface area contributed by atoms with Gasteiger partial charge in [-0.25, -0.2) is 4.98 Å². The highest BCUT2D eigenvalue weighted by Crippen LogP contribution is 2.12. The number of aliphatic hydroxyl groups excluding tert-OH is 1. The van der Waals surface area contributed by atoms with Crippen molar-refractivity contribution in [2.24, 2.45) is 5.92 Å². The molecule has 1 heterocycles.